The van der Waals surface area contributed by atoms with Crippen LogP contribution >= 0.6 is 11.6 Å². The second kappa shape index (κ2) is 5.74. The Morgan fingerprint density at radius 3 is 2.57 bits per heavy atom. The van der Waals surface area contributed by atoms with E-state index in [9.17, 15) is 4.79 Å². The largest absolute Gasteiger partial charge is 0.496 e. The number of ether oxygens (including phenoxy) is 1. The Balaban J connectivity index is 2.11. The van der Waals surface area contributed by atoms with Gasteiger partial charge in [0, 0.05) is 22.6 Å². The zero-order valence-corrected chi connectivity index (χ0v) is 12.5. The van der Waals surface area contributed by atoms with Crippen molar-refractivity contribution in [3.63, 3.8) is 0 Å². The fourth-order valence-electron chi connectivity index (χ4n) is 2.67. The number of rotatable bonds is 2. The lowest BCUT2D eigenvalue weighted by molar-refractivity contribution is -0.113. The van der Waals surface area contributed by atoms with E-state index in [1.807, 2.05) is 48.5 Å². The van der Waals surface area contributed by atoms with Gasteiger partial charge in [-0.2, -0.15) is 0 Å². The molecule has 0 atom stereocenters. The van der Waals surface area contributed by atoms with Crippen LogP contribution in [0.5, 0.6) is 5.75 Å². The minimum absolute atomic E-state index is 0.172. The van der Waals surface area contributed by atoms with Crippen LogP contribution in [-0.2, 0) is 11.2 Å². The zero-order chi connectivity index (χ0) is 14.8. The van der Waals surface area contributed by atoms with Gasteiger partial charge < -0.3 is 4.74 Å². The second-order valence-corrected chi connectivity index (χ2v) is 5.46. The zero-order valence-electron chi connectivity index (χ0n) is 11.7. The molecule has 3 rings (SSSR count). The van der Waals surface area contributed by atoms with E-state index in [0.29, 0.717) is 11.4 Å². The molecular formula is C18H15ClO2. The summed E-state index contributed by atoms with van der Waals surface area (Å²) in [4.78, 5) is 12.3. The lowest BCUT2D eigenvalue weighted by atomic mass is 9.85. The molecule has 1 aliphatic carbocycles. The van der Waals surface area contributed by atoms with Crippen molar-refractivity contribution in [2.75, 3.05) is 7.11 Å². The van der Waals surface area contributed by atoms with E-state index >= 15 is 0 Å². The summed E-state index contributed by atoms with van der Waals surface area (Å²) in [6.07, 6.45) is 3.18. The number of methoxy groups -OCH3 is 1. The highest BCUT2D eigenvalue weighted by Gasteiger charge is 2.23. The lowest BCUT2D eigenvalue weighted by Crippen LogP contribution is -2.13. The molecule has 0 unspecified atom stereocenters. The van der Waals surface area contributed by atoms with Gasteiger partial charge in [0.25, 0.3) is 0 Å². The van der Waals surface area contributed by atoms with Gasteiger partial charge in [-0.05, 0) is 41.8 Å². The Bertz CT molecular complexity index is 714. The highest BCUT2D eigenvalue weighted by atomic mass is 35.5. The Hall–Kier alpha value is -2.06. The van der Waals surface area contributed by atoms with Gasteiger partial charge in [0.1, 0.15) is 5.75 Å². The number of carbonyl (C=O) groups excluding carboxylic acids is 1. The van der Waals surface area contributed by atoms with Crippen LogP contribution in [0.4, 0.5) is 0 Å². The van der Waals surface area contributed by atoms with Crippen LogP contribution in [0.2, 0.25) is 5.02 Å². The van der Waals surface area contributed by atoms with Crippen molar-refractivity contribution in [2.24, 2.45) is 0 Å². The maximum absolute atomic E-state index is 12.3. The Morgan fingerprint density at radius 2 is 1.86 bits per heavy atom. The molecule has 0 fully saturated rings. The van der Waals surface area contributed by atoms with Crippen molar-refractivity contribution in [3.8, 4) is 5.75 Å². The van der Waals surface area contributed by atoms with Crippen LogP contribution in [0.3, 0.4) is 0 Å². The Morgan fingerprint density at radius 1 is 1.10 bits per heavy atom. The summed E-state index contributed by atoms with van der Waals surface area (Å²) in [6, 6.07) is 13.3. The number of hydrogen-bond donors (Lipinski definition) is 0. The van der Waals surface area contributed by atoms with Gasteiger partial charge in [-0.25, -0.2) is 0 Å². The normalized spacial score (nSPS) is 15.9. The number of benzene rings is 2. The summed E-state index contributed by atoms with van der Waals surface area (Å²) in [5.41, 5.74) is 3.80. The molecule has 0 radical (unpaired) electrons. The first kappa shape index (κ1) is 13.9. The van der Waals surface area contributed by atoms with E-state index in [4.69, 9.17) is 16.3 Å². The molecule has 0 aliphatic heterocycles. The number of allylic oxidation sites excluding steroid dienone is 1. The Labute approximate surface area is 129 Å². The molecule has 0 N–H and O–H groups in total. The first-order valence-corrected chi connectivity index (χ1v) is 7.23. The van der Waals surface area contributed by atoms with Crippen LogP contribution in [-0.4, -0.2) is 12.9 Å². The first-order chi connectivity index (χ1) is 10.2. The third-order valence-electron chi connectivity index (χ3n) is 3.73. The fourth-order valence-corrected chi connectivity index (χ4v) is 2.80. The molecule has 2 nitrogen and oxygen atoms in total. The molecular weight excluding hydrogens is 284 g/mol. The molecule has 0 spiro atoms. The van der Waals surface area contributed by atoms with Gasteiger partial charge in [0.15, 0.2) is 5.78 Å². The van der Waals surface area contributed by atoms with Crippen LogP contribution in [0.1, 0.15) is 23.1 Å². The van der Waals surface area contributed by atoms with E-state index in [1.165, 1.54) is 0 Å². The minimum Gasteiger partial charge on any atom is -0.496 e. The smallest absolute Gasteiger partial charge is 0.163 e. The monoisotopic (exact) mass is 298 g/mol. The van der Waals surface area contributed by atoms with Gasteiger partial charge in [-0.1, -0.05) is 35.9 Å². The highest BCUT2D eigenvalue weighted by molar-refractivity contribution is 6.30. The molecule has 0 amide bonds. The highest BCUT2D eigenvalue weighted by Crippen LogP contribution is 2.35. The molecule has 21 heavy (non-hydrogen) atoms. The van der Waals surface area contributed by atoms with Crippen LogP contribution < -0.4 is 4.74 Å². The average molecular weight is 299 g/mol. The van der Waals surface area contributed by atoms with Crippen LogP contribution in [0.25, 0.3) is 11.6 Å². The third-order valence-corrected chi connectivity index (χ3v) is 3.98. The van der Waals surface area contributed by atoms with Crippen molar-refractivity contribution in [3.05, 3.63) is 64.2 Å². The number of carbonyl (C=O) groups is 1. The molecule has 0 bridgehead atoms. The lowest BCUT2D eigenvalue weighted by Gasteiger charge is -2.20. The predicted molar refractivity (Wildman–Crippen MR) is 85.6 cm³/mol. The van der Waals surface area contributed by atoms with Gasteiger partial charge in [0.2, 0.25) is 0 Å². The van der Waals surface area contributed by atoms with E-state index in [2.05, 4.69) is 0 Å². The minimum atomic E-state index is 0.172. The summed E-state index contributed by atoms with van der Waals surface area (Å²) in [7, 11) is 1.66. The van der Waals surface area contributed by atoms with Crippen molar-refractivity contribution in [1.82, 2.24) is 0 Å². The van der Waals surface area contributed by atoms with Crippen molar-refractivity contribution in [1.29, 1.82) is 0 Å². The summed E-state index contributed by atoms with van der Waals surface area (Å²) >= 11 is 5.90. The maximum atomic E-state index is 12.3. The number of hydrogen-bond acceptors (Lipinski definition) is 2. The van der Waals surface area contributed by atoms with E-state index in [0.717, 1.165) is 34.4 Å². The number of Topliss-reactive ketones (excluding diaryl/α,β-unsaturated/α-hetero) is 1. The predicted octanol–water partition coefficient (Wildman–Crippen LogP) is 4.40. The van der Waals surface area contributed by atoms with Gasteiger partial charge in [-0.15, -0.1) is 0 Å². The molecule has 2 aromatic rings. The van der Waals surface area contributed by atoms with Crippen molar-refractivity contribution >= 4 is 29.0 Å². The number of halogens is 1. The van der Waals surface area contributed by atoms with Gasteiger partial charge in [0.05, 0.1) is 7.11 Å². The fraction of sp³-hybridized carbons (Fsp3) is 0.167. The molecule has 106 valence electrons. The topological polar surface area (TPSA) is 26.3 Å². The maximum Gasteiger partial charge on any atom is 0.163 e. The summed E-state index contributed by atoms with van der Waals surface area (Å²) in [6.45, 7) is 0. The van der Waals surface area contributed by atoms with E-state index < -0.39 is 0 Å². The average Bonchev–Trinajstić information content (AvgIpc) is 2.51. The molecule has 0 saturated carbocycles. The molecule has 2 aromatic carbocycles. The van der Waals surface area contributed by atoms with E-state index in [-0.39, 0.29) is 5.78 Å². The molecule has 0 saturated heterocycles. The van der Waals surface area contributed by atoms with Crippen molar-refractivity contribution in [2.45, 2.75) is 12.8 Å². The van der Waals surface area contributed by atoms with E-state index in [1.54, 1.807) is 7.11 Å². The molecule has 0 aromatic heterocycles. The standard InChI is InChI=1S/C18H15ClO2/c1-21-18-4-2-3-14-15(18)9-10-17(20)16(14)11-12-5-7-13(19)8-6-12/h2-8,11H,9-10H2,1H3/b16-11+. The quantitative estimate of drug-likeness (QED) is 0.768. The number of fused-ring (bicyclic) bond motifs is 1. The Kier molecular flexibility index (Phi) is 3.80. The molecule has 1 aliphatic rings. The summed E-state index contributed by atoms with van der Waals surface area (Å²) in [5.74, 6) is 1.02. The van der Waals surface area contributed by atoms with Crippen molar-refractivity contribution < 1.29 is 9.53 Å². The SMILES string of the molecule is COc1cccc2c1CCC(=O)/C2=C/c1ccc(Cl)cc1. The first-order valence-electron chi connectivity index (χ1n) is 6.86. The van der Waals surface area contributed by atoms with Crippen LogP contribution in [0, 0.1) is 0 Å². The summed E-state index contributed by atoms with van der Waals surface area (Å²) in [5, 5.41) is 0.689. The van der Waals surface area contributed by atoms with Gasteiger partial charge >= 0.3 is 0 Å². The molecule has 0 heterocycles. The number of ketones is 1. The third kappa shape index (κ3) is 2.72. The summed E-state index contributed by atoms with van der Waals surface area (Å²) < 4.78 is 5.41. The molecule has 3 heteroatoms. The van der Waals surface area contributed by atoms with Crippen LogP contribution in [0.15, 0.2) is 42.5 Å². The second-order valence-electron chi connectivity index (χ2n) is 5.02. The van der Waals surface area contributed by atoms with Gasteiger partial charge in [-0.3, -0.25) is 4.79 Å².